The van der Waals surface area contributed by atoms with E-state index in [1.165, 1.54) is 7.11 Å². The van der Waals surface area contributed by atoms with Crippen molar-refractivity contribution in [3.8, 4) is 0 Å². The first-order valence-corrected chi connectivity index (χ1v) is 15.8. The molecule has 0 amide bonds. The standard InChI is InChI=1S/C28H34Br3NO8/c1-10-8-11(2)28-14(9-16(38-5)27(37)39-23(10)13(4)33)6-7-15-17(28)22(34)12(3)20(24(15)40-28)32-21(26(35)36)18(29)19(30)25(32)31/h6-8,10,12-17,20,22-24,33-34H,9H2,1-5H3,(H,35,36)/b11-8+/t10-,12-,13-,14-,15-,16+,17+,20-,22-,23+,24-,28+/m1/s1. The minimum Gasteiger partial charge on any atom is -0.477 e. The van der Waals surface area contributed by atoms with E-state index < -0.39 is 54.1 Å². The van der Waals surface area contributed by atoms with Gasteiger partial charge in [-0.05, 0) is 73.6 Å². The highest BCUT2D eigenvalue weighted by Gasteiger charge is 2.68. The van der Waals surface area contributed by atoms with Crippen LogP contribution in [-0.2, 0) is 19.0 Å². The molecule has 4 bridgehead atoms. The number of nitrogens with zero attached hydrogens (tertiary/aromatic N) is 1. The zero-order chi connectivity index (χ0) is 29.4. The number of ether oxygens (including phenoxy) is 3. The van der Waals surface area contributed by atoms with Crippen molar-refractivity contribution < 1.29 is 39.1 Å². The third-order valence-electron chi connectivity index (χ3n) is 9.44. The van der Waals surface area contributed by atoms with E-state index in [-0.39, 0.29) is 41.7 Å². The van der Waals surface area contributed by atoms with Gasteiger partial charge in [-0.15, -0.1) is 0 Å². The number of halogens is 3. The van der Waals surface area contributed by atoms with Crippen LogP contribution in [0.5, 0.6) is 0 Å². The lowest BCUT2D eigenvalue weighted by Crippen LogP contribution is -2.56. The number of aromatic nitrogens is 1. The fourth-order valence-electron chi connectivity index (χ4n) is 7.71. The zero-order valence-corrected chi connectivity index (χ0v) is 27.5. The van der Waals surface area contributed by atoms with Crippen LogP contribution in [0.2, 0.25) is 0 Å². The number of hydrogen-bond donors (Lipinski definition) is 3. The Labute approximate surface area is 258 Å². The molecule has 1 saturated carbocycles. The summed E-state index contributed by atoms with van der Waals surface area (Å²) in [5, 5.41) is 32.6. The van der Waals surface area contributed by atoms with Gasteiger partial charge in [0.2, 0.25) is 0 Å². The van der Waals surface area contributed by atoms with Crippen LogP contribution in [0.4, 0.5) is 0 Å². The van der Waals surface area contributed by atoms with Gasteiger partial charge in [-0.25, -0.2) is 9.59 Å². The second-order valence-corrected chi connectivity index (χ2v) is 13.9. The Bertz CT molecular complexity index is 1280. The molecule has 2 aliphatic carbocycles. The lowest BCUT2D eigenvalue weighted by atomic mass is 9.57. The molecule has 4 aliphatic rings. The molecule has 5 rings (SSSR count). The van der Waals surface area contributed by atoms with Gasteiger partial charge >= 0.3 is 11.9 Å². The molecule has 0 unspecified atom stereocenters. The summed E-state index contributed by atoms with van der Waals surface area (Å²) in [7, 11) is 1.46. The van der Waals surface area contributed by atoms with Crippen LogP contribution >= 0.6 is 47.8 Å². The third-order valence-corrected chi connectivity index (χ3v) is 12.8. The van der Waals surface area contributed by atoms with Gasteiger partial charge in [0.05, 0.1) is 33.3 Å². The van der Waals surface area contributed by atoms with Crippen LogP contribution in [-0.4, -0.2) is 75.1 Å². The Morgan fingerprint density at radius 1 is 1.23 bits per heavy atom. The molecule has 220 valence electrons. The van der Waals surface area contributed by atoms with E-state index in [0.717, 1.165) is 5.57 Å². The first kappa shape index (κ1) is 30.4. The average Bonchev–Trinajstić information content (AvgIpc) is 3.23. The van der Waals surface area contributed by atoms with Gasteiger partial charge < -0.3 is 34.1 Å². The van der Waals surface area contributed by atoms with Crippen LogP contribution in [0.3, 0.4) is 0 Å². The molecule has 3 N–H and O–H groups in total. The highest BCUT2D eigenvalue weighted by atomic mass is 79.9. The number of aliphatic hydroxyl groups excluding tert-OH is 2. The van der Waals surface area contributed by atoms with Gasteiger partial charge in [-0.1, -0.05) is 32.1 Å². The predicted octanol–water partition coefficient (Wildman–Crippen LogP) is 4.88. The van der Waals surface area contributed by atoms with Gasteiger partial charge in [-0.3, -0.25) is 0 Å². The fourth-order valence-corrected chi connectivity index (χ4v) is 9.51. The monoisotopic (exact) mass is 749 g/mol. The SMILES string of the molecule is CO[C@H]1C[C@H]2C=C[C@H]3[C@H]4O[C@]2(/C(C)=C/[C@@H](C)[C@@H]([C@@H](C)O)OC1=O)[C@@H]3[C@H](O)[C@H](C)[C@H]4n1c(Br)c(Br)c(Br)c1C(=O)O. The van der Waals surface area contributed by atoms with Crippen molar-refractivity contribution in [1.29, 1.82) is 0 Å². The number of aliphatic hydroxyl groups is 2. The van der Waals surface area contributed by atoms with Gasteiger partial charge in [0.1, 0.15) is 22.0 Å². The molecular formula is C28H34Br3NO8. The van der Waals surface area contributed by atoms with E-state index >= 15 is 0 Å². The summed E-state index contributed by atoms with van der Waals surface area (Å²) in [4.78, 5) is 25.6. The highest BCUT2D eigenvalue weighted by Crippen LogP contribution is 2.63. The number of carbonyl (C=O) groups excluding carboxylic acids is 1. The number of cyclic esters (lactones) is 1. The molecule has 0 aromatic carbocycles. The molecule has 3 heterocycles. The number of carboxylic acid groups (broad SMARTS) is 1. The van der Waals surface area contributed by atoms with Crippen molar-refractivity contribution in [1.82, 2.24) is 4.57 Å². The molecule has 2 aliphatic heterocycles. The van der Waals surface area contributed by atoms with Crippen molar-refractivity contribution in [3.63, 3.8) is 0 Å². The number of methoxy groups -OCH3 is 1. The van der Waals surface area contributed by atoms with Crippen molar-refractivity contribution in [2.45, 2.75) is 76.3 Å². The van der Waals surface area contributed by atoms with Gasteiger partial charge in [0, 0.05) is 36.7 Å². The number of carboxylic acids is 1. The zero-order valence-electron chi connectivity index (χ0n) is 22.8. The van der Waals surface area contributed by atoms with Crippen molar-refractivity contribution in [2.75, 3.05) is 7.11 Å². The lowest BCUT2D eigenvalue weighted by Gasteiger charge is -2.49. The van der Waals surface area contributed by atoms with Crippen molar-refractivity contribution in [3.05, 3.63) is 43.0 Å². The molecule has 0 radical (unpaired) electrons. The van der Waals surface area contributed by atoms with Crippen LogP contribution < -0.4 is 0 Å². The summed E-state index contributed by atoms with van der Waals surface area (Å²) >= 11 is 10.5. The van der Waals surface area contributed by atoms with E-state index in [9.17, 15) is 24.9 Å². The first-order valence-electron chi connectivity index (χ1n) is 13.4. The van der Waals surface area contributed by atoms with Gasteiger partial charge in [0.25, 0.3) is 0 Å². The topological polar surface area (TPSA) is 127 Å². The molecular weight excluding hydrogens is 718 g/mol. The Morgan fingerprint density at radius 2 is 1.90 bits per heavy atom. The Balaban J connectivity index is 1.70. The van der Waals surface area contributed by atoms with E-state index in [2.05, 4.69) is 53.9 Å². The molecule has 1 aromatic heterocycles. The summed E-state index contributed by atoms with van der Waals surface area (Å²) < 4.78 is 21.7. The first-order chi connectivity index (χ1) is 18.8. The lowest BCUT2D eigenvalue weighted by molar-refractivity contribution is -0.172. The largest absolute Gasteiger partial charge is 0.477 e. The number of aromatic carboxylic acids is 1. The summed E-state index contributed by atoms with van der Waals surface area (Å²) in [6.07, 6.45) is 2.41. The Kier molecular flexibility index (Phi) is 8.31. The van der Waals surface area contributed by atoms with E-state index in [1.807, 2.05) is 32.9 Å². The normalized spacial score (nSPS) is 43.0. The Hall–Kier alpha value is -1.02. The van der Waals surface area contributed by atoms with Crippen LogP contribution in [0.15, 0.2) is 37.3 Å². The van der Waals surface area contributed by atoms with E-state index in [0.29, 0.717) is 13.5 Å². The summed E-state index contributed by atoms with van der Waals surface area (Å²) in [5.41, 5.74) is -0.0432. The van der Waals surface area contributed by atoms with E-state index in [4.69, 9.17) is 14.2 Å². The molecule has 1 spiro atoms. The average molecular weight is 752 g/mol. The number of rotatable bonds is 4. The maximum absolute atomic E-state index is 13.2. The molecule has 12 atom stereocenters. The number of hydrogen-bond acceptors (Lipinski definition) is 7. The summed E-state index contributed by atoms with van der Waals surface area (Å²) in [5.74, 6) is -3.25. The second kappa shape index (κ2) is 10.9. The van der Waals surface area contributed by atoms with Crippen LogP contribution in [0, 0.1) is 29.6 Å². The molecule has 12 heteroatoms. The predicted molar refractivity (Wildman–Crippen MR) is 156 cm³/mol. The maximum Gasteiger partial charge on any atom is 0.353 e. The summed E-state index contributed by atoms with van der Waals surface area (Å²) in [6.45, 7) is 7.37. The highest BCUT2D eigenvalue weighted by molar-refractivity contribution is 9.14. The minimum absolute atomic E-state index is 0.0538. The van der Waals surface area contributed by atoms with Gasteiger partial charge in [0.15, 0.2) is 6.10 Å². The molecule has 1 saturated heterocycles. The second-order valence-electron chi connectivity index (χ2n) is 11.6. The fraction of sp³-hybridized carbons (Fsp3) is 0.643. The smallest absolute Gasteiger partial charge is 0.353 e. The molecule has 40 heavy (non-hydrogen) atoms. The van der Waals surface area contributed by atoms with E-state index in [1.54, 1.807) is 11.5 Å². The maximum atomic E-state index is 13.2. The molecule has 1 aromatic rings. The molecule has 2 fully saturated rings. The van der Waals surface area contributed by atoms with Crippen molar-refractivity contribution >= 4 is 59.7 Å². The number of esters is 1. The van der Waals surface area contributed by atoms with Gasteiger partial charge in [-0.2, -0.15) is 0 Å². The summed E-state index contributed by atoms with van der Waals surface area (Å²) in [6, 6.07) is -0.517. The quantitative estimate of drug-likeness (QED) is 0.294. The number of carbonyl (C=O) groups is 2. The third kappa shape index (κ3) is 4.34. The van der Waals surface area contributed by atoms with Crippen LogP contribution in [0.25, 0.3) is 0 Å². The van der Waals surface area contributed by atoms with Crippen LogP contribution in [0.1, 0.15) is 50.6 Å². The van der Waals surface area contributed by atoms with Crippen molar-refractivity contribution in [2.24, 2.45) is 29.6 Å². The molecule has 9 nitrogen and oxygen atoms in total. The minimum atomic E-state index is -1.11. The Morgan fingerprint density at radius 3 is 2.50 bits per heavy atom.